The summed E-state index contributed by atoms with van der Waals surface area (Å²) in [5, 5.41) is 2.95. The van der Waals surface area contributed by atoms with Crippen LogP contribution in [0.3, 0.4) is 0 Å². The van der Waals surface area contributed by atoms with E-state index in [1.165, 1.54) is 18.2 Å². The number of esters is 2. The highest BCUT2D eigenvalue weighted by atomic mass is 35.5. The summed E-state index contributed by atoms with van der Waals surface area (Å²) in [4.78, 5) is 24.1. The van der Waals surface area contributed by atoms with E-state index in [1.807, 2.05) is 0 Å². The van der Waals surface area contributed by atoms with Gasteiger partial charge in [0.1, 0.15) is 19.0 Å². The molecular weight excluding hydrogens is 313 g/mol. The number of halogens is 2. The van der Waals surface area contributed by atoms with Crippen LogP contribution in [0.2, 0.25) is 5.02 Å². The molecule has 0 unspecified atom stereocenters. The Kier molecular flexibility index (Phi) is 2.77. The second kappa shape index (κ2) is 4.58. The van der Waals surface area contributed by atoms with Crippen molar-refractivity contribution in [2.24, 2.45) is 0 Å². The summed E-state index contributed by atoms with van der Waals surface area (Å²) in [6.07, 6.45) is 0. The number of benzene rings is 1. The largest absolute Gasteiger partial charge is 0.456 e. The third kappa shape index (κ3) is 1.77. The van der Waals surface area contributed by atoms with Crippen LogP contribution in [0.15, 0.2) is 40.7 Å². The zero-order valence-corrected chi connectivity index (χ0v) is 11.9. The monoisotopic (exact) mass is 321 g/mol. The minimum Gasteiger partial charge on any atom is -0.456 e. The van der Waals surface area contributed by atoms with Crippen LogP contribution in [0.25, 0.3) is 0 Å². The average Bonchev–Trinajstić information content (AvgIpc) is 3.05. The van der Waals surface area contributed by atoms with Crippen LogP contribution in [-0.2, 0) is 19.1 Å². The molecule has 3 aliphatic rings. The lowest BCUT2D eigenvalue weighted by atomic mass is 9.81. The number of ether oxygens (including phenoxy) is 2. The van der Waals surface area contributed by atoms with Crippen LogP contribution >= 0.6 is 11.6 Å². The molecule has 0 spiro atoms. The summed E-state index contributed by atoms with van der Waals surface area (Å²) >= 11 is 5.84. The van der Waals surface area contributed by atoms with Gasteiger partial charge in [-0.2, -0.15) is 0 Å². The molecule has 0 bridgehead atoms. The van der Waals surface area contributed by atoms with Crippen LogP contribution in [0.1, 0.15) is 11.5 Å². The van der Waals surface area contributed by atoms with Crippen LogP contribution in [-0.4, -0.2) is 25.2 Å². The van der Waals surface area contributed by atoms with Crippen molar-refractivity contribution in [3.63, 3.8) is 0 Å². The smallest absolute Gasteiger partial charge is 0.337 e. The zero-order chi connectivity index (χ0) is 15.4. The van der Waals surface area contributed by atoms with Crippen LogP contribution in [0, 0.1) is 5.82 Å². The fraction of sp³-hybridized carbons (Fsp3) is 0.200. The van der Waals surface area contributed by atoms with Crippen molar-refractivity contribution in [3.05, 3.63) is 57.1 Å². The molecule has 0 amide bonds. The number of rotatable bonds is 1. The molecular formula is C15H9ClFNO4. The molecule has 4 rings (SSSR count). The first-order valence-electron chi connectivity index (χ1n) is 6.58. The minimum absolute atomic E-state index is 0.0712. The van der Waals surface area contributed by atoms with Crippen molar-refractivity contribution in [2.75, 3.05) is 13.2 Å². The Bertz CT molecular complexity index is 759. The van der Waals surface area contributed by atoms with Crippen molar-refractivity contribution < 1.29 is 23.5 Å². The Balaban J connectivity index is 1.91. The van der Waals surface area contributed by atoms with Gasteiger partial charge in [0, 0.05) is 0 Å². The first kappa shape index (κ1) is 13.3. The summed E-state index contributed by atoms with van der Waals surface area (Å²) < 4.78 is 23.5. The number of nitrogens with one attached hydrogen (secondary N) is 1. The van der Waals surface area contributed by atoms with Crippen molar-refractivity contribution in [1.29, 1.82) is 0 Å². The molecule has 1 aromatic carbocycles. The highest BCUT2D eigenvalue weighted by Crippen LogP contribution is 2.43. The van der Waals surface area contributed by atoms with Gasteiger partial charge in [-0.15, -0.1) is 0 Å². The number of hydrogen-bond acceptors (Lipinski definition) is 5. The van der Waals surface area contributed by atoms with Crippen molar-refractivity contribution in [3.8, 4) is 0 Å². The van der Waals surface area contributed by atoms with Gasteiger partial charge >= 0.3 is 11.9 Å². The summed E-state index contributed by atoms with van der Waals surface area (Å²) in [6.45, 7) is 0.231. The van der Waals surface area contributed by atoms with E-state index < -0.39 is 23.7 Å². The number of carbonyl (C=O) groups is 2. The van der Waals surface area contributed by atoms with Gasteiger partial charge in [-0.1, -0.05) is 17.7 Å². The van der Waals surface area contributed by atoms with E-state index in [0.717, 1.165) is 0 Å². The Morgan fingerprint density at radius 2 is 1.68 bits per heavy atom. The highest BCUT2D eigenvalue weighted by Gasteiger charge is 2.45. The molecule has 0 saturated heterocycles. The molecule has 0 radical (unpaired) electrons. The standard InChI is InChI=1S/C15H9ClFNO4/c16-7-3-6(1-2-8(7)17)11-12-9(4-21-14(12)19)18-10-5-22-15(20)13(10)11/h1-3,11,18H,4-5H2. The molecule has 0 atom stereocenters. The van der Waals surface area contributed by atoms with E-state index in [4.69, 9.17) is 21.1 Å². The van der Waals surface area contributed by atoms with Crippen molar-refractivity contribution >= 4 is 23.5 Å². The summed E-state index contributed by atoms with van der Waals surface area (Å²) in [7, 11) is 0. The van der Waals surface area contributed by atoms with E-state index in [1.54, 1.807) is 0 Å². The number of cyclic esters (lactones) is 2. The van der Waals surface area contributed by atoms with Gasteiger partial charge in [0.25, 0.3) is 0 Å². The molecule has 22 heavy (non-hydrogen) atoms. The first-order valence-corrected chi connectivity index (χ1v) is 6.96. The molecule has 7 heteroatoms. The maximum atomic E-state index is 13.4. The second-order valence-corrected chi connectivity index (χ2v) is 5.58. The van der Waals surface area contributed by atoms with Gasteiger partial charge in [-0.25, -0.2) is 14.0 Å². The van der Waals surface area contributed by atoms with Crippen LogP contribution in [0.4, 0.5) is 4.39 Å². The van der Waals surface area contributed by atoms with E-state index in [9.17, 15) is 14.0 Å². The van der Waals surface area contributed by atoms with Gasteiger partial charge in [-0.3, -0.25) is 0 Å². The minimum atomic E-state index is -0.658. The Hall–Kier alpha value is -2.34. The predicted molar refractivity (Wildman–Crippen MR) is 73.3 cm³/mol. The van der Waals surface area contributed by atoms with Crippen LogP contribution in [0.5, 0.6) is 0 Å². The molecule has 1 N–H and O–H groups in total. The topological polar surface area (TPSA) is 64.6 Å². The summed E-state index contributed by atoms with van der Waals surface area (Å²) in [5.41, 5.74) is 2.45. The molecule has 3 aliphatic heterocycles. The maximum Gasteiger partial charge on any atom is 0.337 e. The first-order chi connectivity index (χ1) is 10.6. The fourth-order valence-corrected chi connectivity index (χ4v) is 3.16. The van der Waals surface area contributed by atoms with Gasteiger partial charge in [-0.05, 0) is 17.7 Å². The quantitative estimate of drug-likeness (QED) is 0.799. The van der Waals surface area contributed by atoms with E-state index in [-0.39, 0.29) is 18.2 Å². The second-order valence-electron chi connectivity index (χ2n) is 5.17. The molecule has 0 aliphatic carbocycles. The van der Waals surface area contributed by atoms with Gasteiger partial charge in [0.05, 0.1) is 33.5 Å². The highest BCUT2D eigenvalue weighted by molar-refractivity contribution is 6.30. The lowest BCUT2D eigenvalue weighted by Crippen LogP contribution is -2.27. The molecule has 0 fully saturated rings. The van der Waals surface area contributed by atoms with E-state index >= 15 is 0 Å². The SMILES string of the molecule is O=C1OCC2=C1C(c1ccc(F)c(Cl)c1)C1=C(COC1=O)N2. The van der Waals surface area contributed by atoms with E-state index in [0.29, 0.717) is 28.1 Å². The summed E-state index contributed by atoms with van der Waals surface area (Å²) in [5.74, 6) is -2.22. The van der Waals surface area contributed by atoms with Gasteiger partial charge in [0.15, 0.2) is 0 Å². The number of carbonyl (C=O) groups excluding carboxylic acids is 2. The zero-order valence-electron chi connectivity index (χ0n) is 11.1. The normalized spacial score (nSPS) is 20.6. The summed E-state index contributed by atoms with van der Waals surface area (Å²) in [6, 6.07) is 4.13. The molecule has 112 valence electrons. The molecule has 1 aromatic rings. The molecule has 5 nitrogen and oxygen atoms in total. The van der Waals surface area contributed by atoms with Gasteiger partial charge in [0.2, 0.25) is 0 Å². The lowest BCUT2D eigenvalue weighted by Gasteiger charge is -2.24. The molecule has 0 aromatic heterocycles. The molecule has 3 heterocycles. The Labute approximate surface area is 129 Å². The van der Waals surface area contributed by atoms with Crippen LogP contribution < -0.4 is 5.32 Å². The van der Waals surface area contributed by atoms with Crippen molar-refractivity contribution in [2.45, 2.75) is 5.92 Å². The third-order valence-electron chi connectivity index (χ3n) is 3.94. The Morgan fingerprint density at radius 3 is 2.23 bits per heavy atom. The fourth-order valence-electron chi connectivity index (χ4n) is 2.98. The number of hydrogen-bond donors (Lipinski definition) is 1. The number of dihydropyridines is 1. The predicted octanol–water partition coefficient (Wildman–Crippen LogP) is 1.79. The molecule has 0 saturated carbocycles. The average molecular weight is 322 g/mol. The lowest BCUT2D eigenvalue weighted by molar-refractivity contribution is -0.136. The van der Waals surface area contributed by atoms with E-state index in [2.05, 4.69) is 5.32 Å². The Morgan fingerprint density at radius 1 is 1.09 bits per heavy atom. The maximum absolute atomic E-state index is 13.4. The third-order valence-corrected chi connectivity index (χ3v) is 4.23. The van der Waals surface area contributed by atoms with Gasteiger partial charge < -0.3 is 14.8 Å². The van der Waals surface area contributed by atoms with Crippen molar-refractivity contribution in [1.82, 2.24) is 5.32 Å².